The van der Waals surface area contributed by atoms with E-state index in [4.69, 9.17) is 5.73 Å². The Kier molecular flexibility index (Phi) is 8.55. The van der Waals surface area contributed by atoms with E-state index in [1.165, 1.54) is 47.2 Å². The number of aldehydes is 1. The van der Waals surface area contributed by atoms with Crippen molar-refractivity contribution in [1.29, 1.82) is 0 Å². The van der Waals surface area contributed by atoms with Crippen LogP contribution in [0.5, 0.6) is 0 Å². The van der Waals surface area contributed by atoms with E-state index in [0.717, 1.165) is 24.3 Å². The van der Waals surface area contributed by atoms with Crippen molar-refractivity contribution in [3.8, 4) is 5.95 Å². The van der Waals surface area contributed by atoms with Crippen molar-refractivity contribution in [3.63, 3.8) is 0 Å². The Morgan fingerprint density at radius 2 is 1.40 bits per heavy atom. The number of pyridine rings is 1. The summed E-state index contributed by atoms with van der Waals surface area (Å²) in [5, 5.41) is 10.5. The van der Waals surface area contributed by atoms with Gasteiger partial charge in [-0.25, -0.2) is 4.57 Å². The highest BCUT2D eigenvalue weighted by atomic mass is 32.2. The van der Waals surface area contributed by atoms with Gasteiger partial charge >= 0.3 is 17.8 Å². The van der Waals surface area contributed by atoms with Crippen LogP contribution in [0.25, 0.3) is 27.5 Å². The highest BCUT2D eigenvalue weighted by Gasteiger charge is 2.23. The lowest BCUT2D eigenvalue weighted by molar-refractivity contribution is -0.603. The summed E-state index contributed by atoms with van der Waals surface area (Å²) in [6, 6.07) is 15.2. The van der Waals surface area contributed by atoms with Crippen LogP contribution in [0.4, 0.5) is 29.0 Å². The molecule has 0 unspecified atom stereocenters. The molecule has 4 aromatic carbocycles. The van der Waals surface area contributed by atoms with Crippen LogP contribution in [0.15, 0.2) is 110 Å². The predicted molar refractivity (Wildman–Crippen MR) is 176 cm³/mol. The summed E-state index contributed by atoms with van der Waals surface area (Å²) in [7, 11) is -14.7. The molecule has 50 heavy (non-hydrogen) atoms. The van der Waals surface area contributed by atoms with Crippen molar-refractivity contribution >= 4 is 87.1 Å². The van der Waals surface area contributed by atoms with E-state index in [1.807, 2.05) is 0 Å². The number of nitrogens with one attached hydrogen (secondary N) is 1. The van der Waals surface area contributed by atoms with Gasteiger partial charge in [0.15, 0.2) is 6.29 Å². The summed E-state index contributed by atoms with van der Waals surface area (Å²) in [5.41, 5.74) is 5.99. The van der Waals surface area contributed by atoms with Crippen molar-refractivity contribution in [3.05, 3.63) is 90.8 Å². The van der Waals surface area contributed by atoms with Gasteiger partial charge in [0, 0.05) is 27.1 Å². The molecule has 0 saturated heterocycles. The van der Waals surface area contributed by atoms with Gasteiger partial charge in [-0.05, 0) is 58.5 Å². The second kappa shape index (κ2) is 12.6. The Morgan fingerprint density at radius 1 is 0.720 bits per heavy atom. The maximum Gasteiger partial charge on any atom is 0.444 e. The number of carbonyl (C=O) groups excluding carboxylic acids is 1. The van der Waals surface area contributed by atoms with E-state index in [9.17, 15) is 43.7 Å². The Morgan fingerprint density at radius 3 is 2.08 bits per heavy atom. The smallest absolute Gasteiger partial charge is 0.353 e. The molecule has 21 heteroatoms. The van der Waals surface area contributed by atoms with Crippen LogP contribution >= 0.6 is 0 Å². The molecule has 254 valence electrons. The first-order valence-electron chi connectivity index (χ1n) is 13.7. The minimum atomic E-state index is -4.94. The van der Waals surface area contributed by atoms with Crippen molar-refractivity contribution in [2.75, 3.05) is 11.1 Å². The number of nitrogen functional groups attached to an aromatic ring is 1. The lowest BCUT2D eigenvalue weighted by atomic mass is 10.1. The average Bonchev–Trinajstić information content (AvgIpc) is 3.05. The molecule has 0 aliphatic carbocycles. The highest BCUT2D eigenvalue weighted by Crippen LogP contribution is 2.39. The molecule has 0 radical (unpaired) electrons. The molecule has 6 aromatic rings. The first kappa shape index (κ1) is 34.0. The van der Waals surface area contributed by atoms with Gasteiger partial charge in [0.05, 0.1) is 29.5 Å². The number of fused-ring (bicyclic) bond motifs is 2. The predicted octanol–water partition coefficient (Wildman–Crippen LogP) is 3.75. The summed E-state index contributed by atoms with van der Waals surface area (Å²) in [6.07, 6.45) is 3.61. The lowest BCUT2D eigenvalue weighted by Gasteiger charge is -2.12. The van der Waals surface area contributed by atoms with Crippen LogP contribution in [0.2, 0.25) is 0 Å². The largest absolute Gasteiger partial charge is 0.444 e. The Labute approximate surface area is 282 Å². The van der Waals surface area contributed by atoms with Crippen molar-refractivity contribution < 1.29 is 48.3 Å². The molecule has 0 atom stereocenters. The molecule has 0 aliphatic heterocycles. The SMILES string of the molecule is Nc1nc(Nc2ccc(N=Nc3cc(S(=O)(=O)O)c4cccc(S(=O)(=O)O)c4c3)c3cccc(S(=O)(=O)O)c23)nc(-[n+]2cccc(C=O)c2)n1. The number of anilines is 3. The number of nitrogens with zero attached hydrogens (tertiary/aromatic N) is 6. The standard InChI is InChI=1S/C29H20N8O10S3/c30-27-32-28(34-29(33-27)37-11-3-4-16(14-37)15-38)31-22-10-9-21(19-6-2-8-24(26(19)22)49(42,43)44)36-35-17-12-20-18(25(13-17)50(45,46)47)5-1-7-23(20)48(39,40)41/h1-15H,(H5-,30,31,32,33,34,35,39,40,41,42,43,44,45,46,47)/p+1. The molecule has 0 fully saturated rings. The second-order valence-corrected chi connectivity index (χ2v) is 14.5. The van der Waals surface area contributed by atoms with Crippen molar-refractivity contribution in [2.45, 2.75) is 14.7 Å². The van der Waals surface area contributed by atoms with Gasteiger partial charge < -0.3 is 11.1 Å². The molecule has 0 spiro atoms. The number of hydrogen-bond acceptors (Lipinski definition) is 14. The Hall–Kier alpha value is -5.84. The minimum absolute atomic E-state index is 0.00484. The summed E-state index contributed by atoms with van der Waals surface area (Å²) < 4.78 is 105. The van der Waals surface area contributed by atoms with Gasteiger partial charge in [-0.15, -0.1) is 10.1 Å². The molecular formula is C29H21N8O10S3+. The first-order chi connectivity index (χ1) is 23.5. The highest BCUT2D eigenvalue weighted by molar-refractivity contribution is 7.86. The Balaban J connectivity index is 1.50. The Bertz CT molecular complexity index is 2760. The zero-order valence-corrected chi connectivity index (χ0v) is 27.3. The molecule has 18 nitrogen and oxygen atoms in total. The molecule has 6 N–H and O–H groups in total. The number of rotatable bonds is 9. The number of hydrogen-bond donors (Lipinski definition) is 5. The van der Waals surface area contributed by atoms with Gasteiger partial charge in [0.1, 0.15) is 14.7 Å². The van der Waals surface area contributed by atoms with E-state index < -0.39 is 45.0 Å². The second-order valence-electron chi connectivity index (χ2n) is 10.3. The monoisotopic (exact) mass is 737 g/mol. The average molecular weight is 738 g/mol. The number of carbonyl (C=O) groups is 1. The van der Waals surface area contributed by atoms with Gasteiger partial charge in [0.25, 0.3) is 30.4 Å². The van der Waals surface area contributed by atoms with E-state index in [0.29, 0.717) is 11.8 Å². The van der Waals surface area contributed by atoms with E-state index in [1.54, 1.807) is 18.3 Å². The maximum atomic E-state index is 12.5. The van der Waals surface area contributed by atoms with Crippen LogP contribution < -0.4 is 15.6 Å². The van der Waals surface area contributed by atoms with E-state index in [2.05, 4.69) is 30.5 Å². The van der Waals surface area contributed by atoms with Crippen LogP contribution in [0, 0.1) is 0 Å². The zero-order valence-electron chi connectivity index (χ0n) is 24.8. The third-order valence-electron chi connectivity index (χ3n) is 7.07. The van der Waals surface area contributed by atoms with Crippen LogP contribution in [-0.2, 0) is 30.4 Å². The van der Waals surface area contributed by atoms with Gasteiger partial charge in [-0.1, -0.05) is 24.3 Å². The third kappa shape index (κ3) is 6.84. The number of nitrogens with two attached hydrogens (primary N) is 1. The van der Waals surface area contributed by atoms with E-state index in [-0.39, 0.29) is 56.5 Å². The molecule has 2 aromatic heterocycles. The van der Waals surface area contributed by atoms with Crippen LogP contribution in [0.3, 0.4) is 0 Å². The zero-order chi connectivity index (χ0) is 36.0. The normalized spacial score (nSPS) is 12.5. The first-order valence-corrected chi connectivity index (χ1v) is 18.1. The fourth-order valence-electron chi connectivity index (χ4n) is 5.04. The molecule has 6 rings (SSSR count). The summed E-state index contributed by atoms with van der Waals surface area (Å²) in [6.45, 7) is 0. The van der Waals surface area contributed by atoms with Crippen molar-refractivity contribution in [2.24, 2.45) is 10.2 Å². The number of aromatic nitrogens is 4. The van der Waals surface area contributed by atoms with E-state index >= 15 is 0 Å². The van der Waals surface area contributed by atoms with Crippen LogP contribution in [-0.4, -0.2) is 60.1 Å². The maximum absolute atomic E-state index is 12.5. The quantitative estimate of drug-likeness (QED) is 0.0611. The van der Waals surface area contributed by atoms with Gasteiger partial charge in [-0.3, -0.25) is 18.5 Å². The third-order valence-corrected chi connectivity index (χ3v) is 9.77. The van der Waals surface area contributed by atoms with Crippen LogP contribution in [0.1, 0.15) is 10.4 Å². The fourth-order valence-corrected chi connectivity index (χ4v) is 7.19. The molecule has 0 bridgehead atoms. The fraction of sp³-hybridized carbons (Fsp3) is 0. The molecule has 0 amide bonds. The molecule has 0 saturated carbocycles. The molecular weight excluding hydrogens is 717 g/mol. The summed E-state index contributed by atoms with van der Waals surface area (Å²) >= 11 is 0. The number of azo groups is 1. The number of benzene rings is 4. The van der Waals surface area contributed by atoms with Crippen molar-refractivity contribution in [1.82, 2.24) is 15.0 Å². The molecule has 0 aliphatic rings. The summed E-state index contributed by atoms with van der Waals surface area (Å²) in [5.74, 6) is -0.380. The lowest BCUT2D eigenvalue weighted by Crippen LogP contribution is -2.33. The summed E-state index contributed by atoms with van der Waals surface area (Å²) in [4.78, 5) is 21.7. The molecule has 2 heterocycles. The van der Waals surface area contributed by atoms with Gasteiger partial charge in [0.2, 0.25) is 0 Å². The topological polar surface area (TPSA) is 285 Å². The minimum Gasteiger partial charge on any atom is -0.353 e. The van der Waals surface area contributed by atoms with Gasteiger partial charge in [-0.2, -0.15) is 30.4 Å².